The van der Waals surface area contributed by atoms with Crippen LogP contribution in [0.15, 0.2) is 73.9 Å². The molecule has 0 saturated carbocycles. The Morgan fingerprint density at radius 2 is 1.51 bits per heavy atom. The highest BCUT2D eigenvalue weighted by Gasteiger charge is 2.15. The number of aliphatic hydroxyl groups excluding tert-OH is 1. The van der Waals surface area contributed by atoms with Gasteiger partial charge in [0.1, 0.15) is 17.6 Å². The van der Waals surface area contributed by atoms with Crippen LogP contribution in [0.5, 0.6) is 0 Å². The molecule has 0 amide bonds. The zero-order chi connectivity index (χ0) is 28.3. The van der Waals surface area contributed by atoms with Crippen LogP contribution in [0.3, 0.4) is 0 Å². The summed E-state index contributed by atoms with van der Waals surface area (Å²) in [6, 6.07) is 14.1. The molecule has 1 heterocycles. The maximum absolute atomic E-state index is 11.1. The lowest BCUT2D eigenvalue weighted by atomic mass is 10.1. The second kappa shape index (κ2) is 14.0. The van der Waals surface area contributed by atoms with Crippen LogP contribution in [-0.4, -0.2) is 49.4 Å². The minimum atomic E-state index is -4.27. The van der Waals surface area contributed by atoms with Crippen LogP contribution >= 0.6 is 0 Å². The molecule has 0 atom stereocenters. The van der Waals surface area contributed by atoms with Crippen molar-refractivity contribution in [1.82, 2.24) is 4.98 Å². The number of nitrogens with zero attached hydrogens (tertiary/aromatic N) is 6. The molecule has 0 fully saturated rings. The number of anilines is 2. The molecule has 5 N–H and O–H groups in total. The van der Waals surface area contributed by atoms with Crippen LogP contribution in [0.4, 0.5) is 34.4 Å². The van der Waals surface area contributed by atoms with Gasteiger partial charge in [-0.3, -0.25) is 4.55 Å². The van der Waals surface area contributed by atoms with Crippen LogP contribution in [-0.2, 0) is 14.9 Å². The van der Waals surface area contributed by atoms with Crippen molar-refractivity contribution in [2.75, 3.05) is 37.4 Å². The van der Waals surface area contributed by atoms with Gasteiger partial charge in [0.25, 0.3) is 10.1 Å². The summed E-state index contributed by atoms with van der Waals surface area (Å²) in [4.78, 5) is 4.06. The number of aliphatic hydroxyl groups is 1. The van der Waals surface area contributed by atoms with Gasteiger partial charge in [0.2, 0.25) is 0 Å². The first kappa shape index (κ1) is 29.3. The fraction of sp³-hybridized carbons (Fsp3) is 0.280. The monoisotopic (exact) mass is 552 g/mol. The van der Waals surface area contributed by atoms with Crippen molar-refractivity contribution in [3.63, 3.8) is 0 Å². The van der Waals surface area contributed by atoms with Gasteiger partial charge in [-0.2, -0.15) is 29.0 Å². The Labute approximate surface area is 225 Å². The Morgan fingerprint density at radius 3 is 2.05 bits per heavy atom. The number of hydrogen-bond donors (Lipinski definition) is 4. The zero-order valence-corrected chi connectivity index (χ0v) is 22.0. The number of benzene rings is 2. The third-order valence-electron chi connectivity index (χ3n) is 5.29. The molecule has 39 heavy (non-hydrogen) atoms. The van der Waals surface area contributed by atoms with Gasteiger partial charge in [-0.15, -0.1) is 5.11 Å². The lowest BCUT2D eigenvalue weighted by Crippen LogP contribution is -2.11. The van der Waals surface area contributed by atoms with Crippen LogP contribution in [0.1, 0.15) is 24.0 Å². The van der Waals surface area contributed by atoms with Crippen molar-refractivity contribution in [3.05, 3.63) is 59.7 Å². The molecule has 0 aliphatic rings. The largest absolute Gasteiger partial charge is 0.396 e. The lowest BCUT2D eigenvalue weighted by molar-refractivity contribution is 0.116. The average molecular weight is 553 g/mol. The van der Waals surface area contributed by atoms with Gasteiger partial charge in [0, 0.05) is 31.9 Å². The molecule has 204 valence electrons. The van der Waals surface area contributed by atoms with Crippen molar-refractivity contribution < 1.29 is 22.8 Å². The van der Waals surface area contributed by atoms with Gasteiger partial charge in [-0.25, -0.2) is 4.98 Å². The molecule has 0 unspecified atom stereocenters. The first-order valence-corrected chi connectivity index (χ1v) is 13.3. The molecule has 0 aliphatic heterocycles. The molecule has 0 saturated heterocycles. The highest BCUT2D eigenvalue weighted by molar-refractivity contribution is 7.85. The predicted octanol–water partition coefficient (Wildman–Crippen LogP) is 5.12. The fourth-order valence-corrected chi connectivity index (χ4v) is 3.73. The number of nitriles is 1. The number of nitrogens with two attached hydrogens (primary N) is 1. The third kappa shape index (κ3) is 8.62. The topological polar surface area (TPSA) is 208 Å². The molecule has 2 aromatic carbocycles. The molecule has 0 radical (unpaired) electrons. The first-order chi connectivity index (χ1) is 18.7. The summed E-state index contributed by atoms with van der Waals surface area (Å²) in [5.74, 6) is 0.492. The highest BCUT2D eigenvalue weighted by atomic mass is 32.2. The van der Waals surface area contributed by atoms with E-state index in [-0.39, 0.29) is 17.3 Å². The van der Waals surface area contributed by atoms with Gasteiger partial charge < -0.3 is 20.9 Å². The van der Waals surface area contributed by atoms with Crippen molar-refractivity contribution >= 4 is 44.5 Å². The molecule has 14 heteroatoms. The number of ether oxygens (including phenoxy) is 1. The summed E-state index contributed by atoms with van der Waals surface area (Å²) in [6.45, 7) is 3.35. The van der Waals surface area contributed by atoms with E-state index in [1.54, 1.807) is 31.2 Å². The SMILES string of the molecule is Cc1c(C#N)c(NCCCOCCCO)nc(N)c1N=Nc1ccc(N=Nc2ccc(S(=O)(=O)O)cc2)cc1. The third-order valence-corrected chi connectivity index (χ3v) is 6.16. The van der Waals surface area contributed by atoms with E-state index >= 15 is 0 Å². The van der Waals surface area contributed by atoms with Crippen molar-refractivity contribution in [1.29, 1.82) is 5.26 Å². The van der Waals surface area contributed by atoms with E-state index in [2.05, 4.69) is 36.8 Å². The molecule has 0 spiro atoms. The maximum atomic E-state index is 11.1. The fourth-order valence-electron chi connectivity index (χ4n) is 3.25. The van der Waals surface area contributed by atoms with Crippen molar-refractivity contribution in [2.24, 2.45) is 20.5 Å². The standard InChI is InChI=1S/C25H28N8O5S/c1-17-22(16-26)25(28-12-2-14-38-15-3-13-34)29-24(27)23(17)33-32-19-6-4-18(5-7-19)30-31-20-8-10-21(11-9-20)39(35,36)37/h4-11,34H,2-3,12-15H2,1H3,(H3,27,28,29)(H,35,36,37). The number of pyridine rings is 1. The first-order valence-electron chi connectivity index (χ1n) is 11.9. The Bertz CT molecular complexity index is 1470. The smallest absolute Gasteiger partial charge is 0.294 e. The molecule has 1 aromatic heterocycles. The second-order valence-electron chi connectivity index (χ2n) is 8.16. The molecule has 3 aromatic rings. The van der Waals surface area contributed by atoms with Gasteiger partial charge >= 0.3 is 0 Å². The molecular formula is C25H28N8O5S. The number of aromatic nitrogens is 1. The van der Waals surface area contributed by atoms with E-state index in [9.17, 15) is 13.7 Å². The molecule has 13 nitrogen and oxygen atoms in total. The normalized spacial score (nSPS) is 11.7. The second-order valence-corrected chi connectivity index (χ2v) is 9.58. The summed E-state index contributed by atoms with van der Waals surface area (Å²) in [5, 5.41) is 38.1. The quantitative estimate of drug-likeness (QED) is 0.126. The minimum absolute atomic E-state index is 0.0917. The summed E-state index contributed by atoms with van der Waals surface area (Å²) in [5.41, 5.74) is 8.70. The Kier molecular flexibility index (Phi) is 10.5. The summed E-state index contributed by atoms with van der Waals surface area (Å²) >= 11 is 0. The predicted molar refractivity (Wildman–Crippen MR) is 145 cm³/mol. The lowest BCUT2D eigenvalue weighted by Gasteiger charge is -2.12. The Balaban J connectivity index is 1.64. The van der Waals surface area contributed by atoms with Crippen LogP contribution < -0.4 is 11.1 Å². The van der Waals surface area contributed by atoms with Crippen molar-refractivity contribution in [3.8, 4) is 6.07 Å². The number of nitrogen functional groups attached to an aromatic ring is 1. The molecular weight excluding hydrogens is 524 g/mol. The van der Waals surface area contributed by atoms with E-state index < -0.39 is 10.1 Å². The maximum Gasteiger partial charge on any atom is 0.294 e. The highest BCUT2D eigenvalue weighted by Crippen LogP contribution is 2.33. The van der Waals surface area contributed by atoms with E-state index in [4.69, 9.17) is 20.1 Å². The van der Waals surface area contributed by atoms with E-state index in [0.29, 0.717) is 72.3 Å². The number of rotatable bonds is 13. The van der Waals surface area contributed by atoms with Gasteiger partial charge in [-0.1, -0.05) is 0 Å². The number of nitrogens with one attached hydrogen (secondary N) is 1. The summed E-state index contributed by atoms with van der Waals surface area (Å²) in [6.07, 6.45) is 1.28. The van der Waals surface area contributed by atoms with Gasteiger partial charge in [-0.05, 0) is 68.3 Å². The minimum Gasteiger partial charge on any atom is -0.396 e. The summed E-state index contributed by atoms with van der Waals surface area (Å²) in [7, 11) is -4.27. The number of hydrogen-bond acceptors (Lipinski definition) is 12. The van der Waals surface area contributed by atoms with E-state index in [1.807, 2.05) is 0 Å². The molecule has 0 bridgehead atoms. The molecule has 3 rings (SSSR count). The zero-order valence-electron chi connectivity index (χ0n) is 21.1. The van der Waals surface area contributed by atoms with E-state index in [0.717, 1.165) is 0 Å². The van der Waals surface area contributed by atoms with Gasteiger partial charge in [0.15, 0.2) is 5.82 Å². The van der Waals surface area contributed by atoms with Crippen LogP contribution in [0, 0.1) is 18.3 Å². The van der Waals surface area contributed by atoms with E-state index in [1.165, 1.54) is 24.3 Å². The Hall–Kier alpha value is -4.29. The van der Waals surface area contributed by atoms with Gasteiger partial charge in [0.05, 0.1) is 27.5 Å². The molecule has 0 aliphatic carbocycles. The summed E-state index contributed by atoms with van der Waals surface area (Å²) < 4.78 is 36.7. The van der Waals surface area contributed by atoms with Crippen LogP contribution in [0.2, 0.25) is 0 Å². The van der Waals surface area contributed by atoms with Crippen molar-refractivity contribution in [2.45, 2.75) is 24.7 Å². The van der Waals surface area contributed by atoms with Crippen LogP contribution in [0.25, 0.3) is 0 Å². The average Bonchev–Trinajstić information content (AvgIpc) is 2.91. The number of azo groups is 2. The Morgan fingerprint density at radius 1 is 0.974 bits per heavy atom.